The van der Waals surface area contributed by atoms with Crippen LogP contribution < -0.4 is 5.32 Å². The van der Waals surface area contributed by atoms with Crippen LogP contribution in [0.5, 0.6) is 0 Å². The number of carbonyl (C=O) groups is 1. The van der Waals surface area contributed by atoms with E-state index in [-0.39, 0.29) is 11.8 Å². The van der Waals surface area contributed by atoms with Gasteiger partial charge in [0, 0.05) is 18.0 Å². The van der Waals surface area contributed by atoms with Gasteiger partial charge in [-0.1, -0.05) is 24.3 Å². The number of anilines is 2. The first-order valence-electron chi connectivity index (χ1n) is 9.57. The maximum Gasteiger partial charge on any atom is 0.337 e. The van der Waals surface area contributed by atoms with E-state index in [1.807, 2.05) is 36.4 Å². The summed E-state index contributed by atoms with van der Waals surface area (Å²) in [4.78, 5) is 11.5. The Balaban J connectivity index is 1.55. The SMILES string of the molecule is COC(=O)c1ccc(Nc2ccc(C3(c4ccc(F)cc4)CCCO3)cc2)cc1. The van der Waals surface area contributed by atoms with Crippen molar-refractivity contribution in [2.75, 3.05) is 19.0 Å². The topological polar surface area (TPSA) is 47.6 Å². The van der Waals surface area contributed by atoms with Gasteiger partial charge in [0.15, 0.2) is 0 Å². The molecule has 1 heterocycles. The second kappa shape index (κ2) is 8.05. The Morgan fingerprint density at radius 3 is 2.00 bits per heavy atom. The quantitative estimate of drug-likeness (QED) is 0.591. The molecule has 3 aromatic carbocycles. The van der Waals surface area contributed by atoms with E-state index < -0.39 is 5.60 Å². The van der Waals surface area contributed by atoms with Gasteiger partial charge in [-0.2, -0.15) is 0 Å². The van der Waals surface area contributed by atoms with E-state index in [0.29, 0.717) is 12.2 Å². The zero-order chi connectivity index (χ0) is 20.3. The molecule has 0 amide bonds. The van der Waals surface area contributed by atoms with Crippen molar-refractivity contribution < 1.29 is 18.7 Å². The van der Waals surface area contributed by atoms with E-state index in [2.05, 4.69) is 5.32 Å². The molecule has 0 aliphatic carbocycles. The third-order valence-corrected chi connectivity index (χ3v) is 5.28. The van der Waals surface area contributed by atoms with Crippen molar-refractivity contribution in [1.29, 1.82) is 0 Å². The summed E-state index contributed by atoms with van der Waals surface area (Å²) in [7, 11) is 1.36. The molecule has 3 aromatic rings. The van der Waals surface area contributed by atoms with Gasteiger partial charge in [-0.25, -0.2) is 9.18 Å². The lowest BCUT2D eigenvalue weighted by Crippen LogP contribution is -2.26. The molecule has 1 aliphatic rings. The highest BCUT2D eigenvalue weighted by Gasteiger charge is 2.38. The predicted octanol–water partition coefficient (Wildman–Crippen LogP) is 5.41. The lowest BCUT2D eigenvalue weighted by atomic mass is 9.84. The number of esters is 1. The lowest BCUT2D eigenvalue weighted by Gasteiger charge is -2.30. The Bertz CT molecular complexity index is 976. The average molecular weight is 391 g/mol. The van der Waals surface area contributed by atoms with Crippen LogP contribution in [0.25, 0.3) is 0 Å². The molecule has 1 fully saturated rings. The van der Waals surface area contributed by atoms with E-state index >= 15 is 0 Å². The first kappa shape index (κ1) is 19.2. The molecule has 1 N–H and O–H groups in total. The molecule has 0 spiro atoms. The van der Waals surface area contributed by atoms with Crippen LogP contribution >= 0.6 is 0 Å². The van der Waals surface area contributed by atoms with Gasteiger partial charge in [-0.15, -0.1) is 0 Å². The standard InChI is InChI=1S/C24H22FNO3/c1-28-23(27)17-3-11-21(12-4-17)26-22-13-7-19(8-14-22)24(15-2-16-29-24)18-5-9-20(25)10-6-18/h3-14,26H,2,15-16H2,1H3. The van der Waals surface area contributed by atoms with Gasteiger partial charge < -0.3 is 14.8 Å². The van der Waals surface area contributed by atoms with Gasteiger partial charge in [0.05, 0.1) is 12.7 Å². The highest BCUT2D eigenvalue weighted by molar-refractivity contribution is 5.89. The monoisotopic (exact) mass is 391 g/mol. The number of methoxy groups -OCH3 is 1. The lowest BCUT2D eigenvalue weighted by molar-refractivity contribution is 0.0359. The minimum atomic E-state index is -0.533. The van der Waals surface area contributed by atoms with Crippen molar-refractivity contribution >= 4 is 17.3 Å². The molecule has 1 unspecified atom stereocenters. The molecule has 0 saturated carbocycles. The van der Waals surface area contributed by atoms with Crippen molar-refractivity contribution in [1.82, 2.24) is 0 Å². The number of nitrogens with one attached hydrogen (secondary N) is 1. The number of rotatable bonds is 5. The largest absolute Gasteiger partial charge is 0.465 e. The fourth-order valence-corrected chi connectivity index (χ4v) is 3.78. The van der Waals surface area contributed by atoms with Crippen molar-refractivity contribution in [2.45, 2.75) is 18.4 Å². The van der Waals surface area contributed by atoms with Crippen molar-refractivity contribution in [3.05, 3.63) is 95.3 Å². The van der Waals surface area contributed by atoms with Crippen LogP contribution in [0.1, 0.15) is 34.3 Å². The molecule has 148 valence electrons. The van der Waals surface area contributed by atoms with Crippen LogP contribution in [0.4, 0.5) is 15.8 Å². The van der Waals surface area contributed by atoms with E-state index in [1.165, 1.54) is 19.2 Å². The van der Waals surface area contributed by atoms with E-state index in [0.717, 1.165) is 35.3 Å². The van der Waals surface area contributed by atoms with Gasteiger partial charge >= 0.3 is 5.97 Å². The fraction of sp³-hybridized carbons (Fsp3) is 0.208. The molecule has 0 bridgehead atoms. The molecule has 1 saturated heterocycles. The fourth-order valence-electron chi connectivity index (χ4n) is 3.78. The smallest absolute Gasteiger partial charge is 0.337 e. The minimum absolute atomic E-state index is 0.250. The number of hydrogen-bond donors (Lipinski definition) is 1. The van der Waals surface area contributed by atoms with Crippen LogP contribution in [-0.2, 0) is 15.1 Å². The van der Waals surface area contributed by atoms with Crippen LogP contribution in [0.2, 0.25) is 0 Å². The first-order chi connectivity index (χ1) is 14.1. The second-order valence-electron chi connectivity index (χ2n) is 7.06. The third-order valence-electron chi connectivity index (χ3n) is 5.28. The minimum Gasteiger partial charge on any atom is -0.465 e. The summed E-state index contributed by atoms with van der Waals surface area (Å²) in [6.07, 6.45) is 1.82. The van der Waals surface area contributed by atoms with Crippen molar-refractivity contribution in [2.24, 2.45) is 0 Å². The number of ether oxygens (including phenoxy) is 2. The summed E-state index contributed by atoms with van der Waals surface area (Å²) in [6.45, 7) is 0.684. The Kier molecular flexibility index (Phi) is 5.32. The molecule has 5 heteroatoms. The zero-order valence-corrected chi connectivity index (χ0v) is 16.2. The zero-order valence-electron chi connectivity index (χ0n) is 16.2. The second-order valence-corrected chi connectivity index (χ2v) is 7.06. The molecular weight excluding hydrogens is 369 g/mol. The number of carbonyl (C=O) groups excluding carboxylic acids is 1. The molecule has 29 heavy (non-hydrogen) atoms. The molecular formula is C24H22FNO3. The molecule has 0 aromatic heterocycles. The summed E-state index contributed by atoms with van der Waals surface area (Å²) in [5, 5.41) is 3.32. The Hall–Kier alpha value is -3.18. The van der Waals surface area contributed by atoms with Gasteiger partial charge in [0.2, 0.25) is 0 Å². The van der Waals surface area contributed by atoms with Crippen LogP contribution in [0, 0.1) is 5.82 Å². The summed E-state index contributed by atoms with van der Waals surface area (Å²) >= 11 is 0. The van der Waals surface area contributed by atoms with Crippen LogP contribution in [0.15, 0.2) is 72.8 Å². The first-order valence-corrected chi connectivity index (χ1v) is 9.57. The maximum absolute atomic E-state index is 13.4. The highest BCUT2D eigenvalue weighted by atomic mass is 19.1. The summed E-state index contributed by atoms with van der Waals surface area (Å²) in [5.41, 5.74) is 3.79. The van der Waals surface area contributed by atoms with Crippen LogP contribution in [0.3, 0.4) is 0 Å². The Morgan fingerprint density at radius 2 is 1.48 bits per heavy atom. The van der Waals surface area contributed by atoms with Gasteiger partial charge in [-0.05, 0) is 72.5 Å². The predicted molar refractivity (Wildman–Crippen MR) is 110 cm³/mol. The average Bonchev–Trinajstić information content (AvgIpc) is 3.26. The van der Waals surface area contributed by atoms with Gasteiger partial charge in [-0.3, -0.25) is 0 Å². The summed E-state index contributed by atoms with van der Waals surface area (Å²) in [6, 6.07) is 21.7. The summed E-state index contributed by atoms with van der Waals surface area (Å²) in [5.74, 6) is -0.608. The van der Waals surface area contributed by atoms with Crippen molar-refractivity contribution in [3.63, 3.8) is 0 Å². The highest BCUT2D eigenvalue weighted by Crippen LogP contribution is 2.42. The maximum atomic E-state index is 13.4. The summed E-state index contributed by atoms with van der Waals surface area (Å²) < 4.78 is 24.3. The molecule has 1 aliphatic heterocycles. The third kappa shape index (κ3) is 3.87. The molecule has 1 atom stereocenters. The normalized spacial score (nSPS) is 18.4. The van der Waals surface area contributed by atoms with E-state index in [4.69, 9.17) is 9.47 Å². The number of hydrogen-bond acceptors (Lipinski definition) is 4. The molecule has 4 nitrogen and oxygen atoms in total. The van der Waals surface area contributed by atoms with E-state index in [1.54, 1.807) is 24.3 Å². The van der Waals surface area contributed by atoms with Crippen molar-refractivity contribution in [3.8, 4) is 0 Å². The Labute approximate surface area is 169 Å². The molecule has 0 radical (unpaired) electrons. The van der Waals surface area contributed by atoms with Gasteiger partial charge in [0.25, 0.3) is 0 Å². The molecule has 4 rings (SSSR count). The number of benzene rings is 3. The van der Waals surface area contributed by atoms with E-state index in [9.17, 15) is 9.18 Å². The van der Waals surface area contributed by atoms with Gasteiger partial charge in [0.1, 0.15) is 11.4 Å². The Morgan fingerprint density at radius 1 is 0.931 bits per heavy atom. The van der Waals surface area contributed by atoms with Crippen LogP contribution in [-0.4, -0.2) is 19.7 Å². The number of halogens is 1.